The predicted octanol–water partition coefficient (Wildman–Crippen LogP) is 3.20. The van der Waals surface area contributed by atoms with Gasteiger partial charge in [0.1, 0.15) is 0 Å². The normalized spacial score (nSPS) is 22.0. The molecule has 1 N–H and O–H groups in total. The van der Waals surface area contributed by atoms with Gasteiger partial charge in [0.25, 0.3) is 0 Å². The van der Waals surface area contributed by atoms with Crippen LogP contribution < -0.4 is 5.32 Å². The van der Waals surface area contributed by atoms with E-state index in [0.29, 0.717) is 13.2 Å². The molecule has 0 aromatic carbocycles. The Morgan fingerprint density at radius 3 is 2.29 bits per heavy atom. The van der Waals surface area contributed by atoms with Gasteiger partial charge in [-0.3, -0.25) is 4.90 Å². The summed E-state index contributed by atoms with van der Waals surface area (Å²) in [6.45, 7) is 9.84. The van der Waals surface area contributed by atoms with Crippen molar-refractivity contribution in [2.75, 3.05) is 32.8 Å². The van der Waals surface area contributed by atoms with Gasteiger partial charge in [-0.25, -0.2) is 0 Å². The summed E-state index contributed by atoms with van der Waals surface area (Å²) in [5.41, 5.74) is -0.260. The van der Waals surface area contributed by atoms with Crippen LogP contribution in [0.4, 0.5) is 13.2 Å². The van der Waals surface area contributed by atoms with Gasteiger partial charge in [-0.2, -0.15) is 13.2 Å². The topological polar surface area (TPSA) is 24.5 Å². The van der Waals surface area contributed by atoms with Crippen molar-refractivity contribution in [2.45, 2.75) is 64.2 Å². The minimum absolute atomic E-state index is 0.130. The van der Waals surface area contributed by atoms with Crippen LogP contribution >= 0.6 is 0 Å². The van der Waals surface area contributed by atoms with Gasteiger partial charge in [-0.15, -0.1) is 0 Å². The fourth-order valence-electron chi connectivity index (χ4n) is 3.02. The van der Waals surface area contributed by atoms with Crippen molar-refractivity contribution in [3.8, 4) is 0 Å². The first-order chi connectivity index (χ1) is 9.83. The zero-order chi connectivity index (χ0) is 15.9. The molecule has 2 atom stereocenters. The van der Waals surface area contributed by atoms with E-state index in [1.54, 1.807) is 0 Å². The fraction of sp³-hybridized carbons (Fsp3) is 1.00. The average molecular weight is 310 g/mol. The van der Waals surface area contributed by atoms with Gasteiger partial charge in [0.2, 0.25) is 0 Å². The SMILES string of the molecule is CCCNC(CCC(F)(F)F)C(C)(CC)N1CCOCC1. The standard InChI is InChI=1S/C15H29F3N2O/c1-4-8-19-13(6-7-15(16,17)18)14(3,5-2)20-9-11-21-12-10-20/h13,19H,4-12H2,1-3H3. The van der Waals surface area contributed by atoms with Gasteiger partial charge in [0, 0.05) is 31.1 Å². The molecular weight excluding hydrogens is 281 g/mol. The first-order valence-electron chi connectivity index (χ1n) is 7.96. The van der Waals surface area contributed by atoms with Crippen LogP contribution in [0.1, 0.15) is 46.5 Å². The monoisotopic (exact) mass is 310 g/mol. The van der Waals surface area contributed by atoms with Crippen LogP contribution in [0.2, 0.25) is 0 Å². The minimum Gasteiger partial charge on any atom is -0.379 e. The molecule has 1 aliphatic rings. The van der Waals surface area contributed by atoms with E-state index in [4.69, 9.17) is 4.74 Å². The molecule has 1 heterocycles. The molecule has 0 aliphatic carbocycles. The van der Waals surface area contributed by atoms with E-state index in [0.717, 1.165) is 32.5 Å². The third kappa shape index (κ3) is 5.75. The highest BCUT2D eigenvalue weighted by Crippen LogP contribution is 2.31. The number of alkyl halides is 3. The Kier molecular flexibility index (Phi) is 7.44. The number of hydrogen-bond acceptors (Lipinski definition) is 3. The van der Waals surface area contributed by atoms with Crippen LogP contribution in [0.3, 0.4) is 0 Å². The summed E-state index contributed by atoms with van der Waals surface area (Å²) < 4.78 is 43.2. The predicted molar refractivity (Wildman–Crippen MR) is 78.5 cm³/mol. The highest BCUT2D eigenvalue weighted by molar-refractivity contribution is 4.97. The lowest BCUT2D eigenvalue weighted by atomic mass is 9.84. The Balaban J connectivity index is 2.78. The molecule has 3 nitrogen and oxygen atoms in total. The van der Waals surface area contributed by atoms with E-state index >= 15 is 0 Å². The number of hydrogen-bond donors (Lipinski definition) is 1. The largest absolute Gasteiger partial charge is 0.389 e. The van der Waals surface area contributed by atoms with Crippen molar-refractivity contribution in [3.05, 3.63) is 0 Å². The van der Waals surface area contributed by atoms with Crippen molar-refractivity contribution in [2.24, 2.45) is 0 Å². The molecule has 0 amide bonds. The molecule has 0 aromatic rings. The average Bonchev–Trinajstić information content (AvgIpc) is 2.46. The van der Waals surface area contributed by atoms with E-state index in [1.165, 1.54) is 0 Å². The van der Waals surface area contributed by atoms with E-state index < -0.39 is 12.6 Å². The second-order valence-corrected chi connectivity index (χ2v) is 5.97. The zero-order valence-corrected chi connectivity index (χ0v) is 13.4. The lowest BCUT2D eigenvalue weighted by Gasteiger charge is -2.48. The first kappa shape index (κ1) is 18.7. The number of ether oxygens (including phenoxy) is 1. The quantitative estimate of drug-likeness (QED) is 0.745. The molecule has 0 aromatic heterocycles. The molecule has 0 bridgehead atoms. The number of nitrogens with one attached hydrogen (secondary N) is 1. The maximum Gasteiger partial charge on any atom is 0.389 e. The number of nitrogens with zero attached hydrogens (tertiary/aromatic N) is 1. The summed E-state index contributed by atoms with van der Waals surface area (Å²) in [7, 11) is 0. The molecule has 0 saturated carbocycles. The summed E-state index contributed by atoms with van der Waals surface area (Å²) in [4.78, 5) is 2.29. The second-order valence-electron chi connectivity index (χ2n) is 5.97. The molecule has 6 heteroatoms. The van der Waals surface area contributed by atoms with E-state index in [2.05, 4.69) is 24.1 Å². The van der Waals surface area contributed by atoms with Crippen LogP contribution in [0.15, 0.2) is 0 Å². The lowest BCUT2D eigenvalue weighted by Crippen LogP contribution is -2.62. The number of halogens is 3. The van der Waals surface area contributed by atoms with Crippen LogP contribution in [-0.4, -0.2) is 55.5 Å². The van der Waals surface area contributed by atoms with E-state index in [-0.39, 0.29) is 18.0 Å². The van der Waals surface area contributed by atoms with E-state index in [1.807, 2.05) is 6.92 Å². The van der Waals surface area contributed by atoms with Crippen molar-refractivity contribution < 1.29 is 17.9 Å². The van der Waals surface area contributed by atoms with Crippen molar-refractivity contribution in [1.82, 2.24) is 10.2 Å². The van der Waals surface area contributed by atoms with Crippen molar-refractivity contribution in [3.63, 3.8) is 0 Å². The molecule has 1 rings (SSSR count). The summed E-state index contributed by atoms with van der Waals surface area (Å²) in [6.07, 6.45) is -2.94. The van der Waals surface area contributed by atoms with Crippen molar-refractivity contribution in [1.29, 1.82) is 0 Å². The smallest absolute Gasteiger partial charge is 0.379 e. The molecule has 0 radical (unpaired) electrons. The Bertz CT molecular complexity index is 293. The van der Waals surface area contributed by atoms with Crippen LogP contribution in [0.25, 0.3) is 0 Å². The highest BCUT2D eigenvalue weighted by Gasteiger charge is 2.40. The molecule has 0 spiro atoms. The first-order valence-corrected chi connectivity index (χ1v) is 7.96. The van der Waals surface area contributed by atoms with Gasteiger partial charge in [0.05, 0.1) is 13.2 Å². The van der Waals surface area contributed by atoms with Gasteiger partial charge >= 0.3 is 6.18 Å². The summed E-state index contributed by atoms with van der Waals surface area (Å²) >= 11 is 0. The van der Waals surface area contributed by atoms with Crippen molar-refractivity contribution >= 4 is 0 Å². The molecular formula is C15H29F3N2O. The number of rotatable bonds is 8. The molecule has 2 unspecified atom stereocenters. The Morgan fingerprint density at radius 2 is 1.81 bits per heavy atom. The Hall–Kier alpha value is -0.330. The van der Waals surface area contributed by atoms with Crippen LogP contribution in [-0.2, 0) is 4.74 Å². The maximum atomic E-state index is 12.6. The fourth-order valence-corrected chi connectivity index (χ4v) is 3.02. The highest BCUT2D eigenvalue weighted by atomic mass is 19.4. The third-order valence-corrected chi connectivity index (χ3v) is 4.56. The summed E-state index contributed by atoms with van der Waals surface area (Å²) in [6, 6.07) is -0.151. The van der Waals surface area contributed by atoms with Gasteiger partial charge < -0.3 is 10.1 Å². The molecule has 126 valence electrons. The zero-order valence-electron chi connectivity index (χ0n) is 13.4. The minimum atomic E-state index is -4.09. The molecule has 1 aliphatic heterocycles. The Morgan fingerprint density at radius 1 is 1.19 bits per heavy atom. The van der Waals surface area contributed by atoms with Gasteiger partial charge in [-0.1, -0.05) is 13.8 Å². The molecule has 21 heavy (non-hydrogen) atoms. The molecule has 1 saturated heterocycles. The van der Waals surface area contributed by atoms with Crippen LogP contribution in [0.5, 0.6) is 0 Å². The number of morpholine rings is 1. The van der Waals surface area contributed by atoms with E-state index in [9.17, 15) is 13.2 Å². The maximum absolute atomic E-state index is 12.6. The second kappa shape index (κ2) is 8.34. The Labute approximate surface area is 126 Å². The summed E-state index contributed by atoms with van der Waals surface area (Å²) in [5, 5.41) is 3.35. The van der Waals surface area contributed by atoms with Crippen LogP contribution in [0, 0.1) is 0 Å². The summed E-state index contributed by atoms with van der Waals surface area (Å²) in [5.74, 6) is 0. The third-order valence-electron chi connectivity index (χ3n) is 4.56. The molecule has 1 fully saturated rings. The van der Waals surface area contributed by atoms with Gasteiger partial charge in [0.15, 0.2) is 0 Å². The lowest BCUT2D eigenvalue weighted by molar-refractivity contribution is -0.139. The van der Waals surface area contributed by atoms with Gasteiger partial charge in [-0.05, 0) is 32.7 Å².